The molecule has 0 bridgehead atoms. The van der Waals surface area contributed by atoms with Gasteiger partial charge in [-0.1, -0.05) is 12.1 Å². The Kier molecular flexibility index (Phi) is 4.83. The number of nitrogens with two attached hydrogens (primary N) is 1. The van der Waals surface area contributed by atoms with E-state index in [1.807, 2.05) is 6.92 Å². The van der Waals surface area contributed by atoms with E-state index in [4.69, 9.17) is 5.73 Å². The topological polar surface area (TPSA) is 32.5 Å². The molecular weight excluding hydrogens is 234 g/mol. The summed E-state index contributed by atoms with van der Waals surface area (Å²) in [7, 11) is 4.33. The zero-order valence-corrected chi connectivity index (χ0v) is 12.5. The Morgan fingerprint density at radius 1 is 1.21 bits per heavy atom. The summed E-state index contributed by atoms with van der Waals surface area (Å²) in [6.07, 6.45) is 2.60. The molecule has 0 amide bonds. The summed E-state index contributed by atoms with van der Waals surface area (Å²) < 4.78 is 0. The molecule has 19 heavy (non-hydrogen) atoms. The van der Waals surface area contributed by atoms with Crippen molar-refractivity contribution in [1.82, 2.24) is 4.90 Å². The van der Waals surface area contributed by atoms with Crippen LogP contribution in [0.15, 0.2) is 24.3 Å². The van der Waals surface area contributed by atoms with Gasteiger partial charge in [-0.15, -0.1) is 0 Å². The van der Waals surface area contributed by atoms with Crippen molar-refractivity contribution < 1.29 is 0 Å². The van der Waals surface area contributed by atoms with Gasteiger partial charge in [-0.05, 0) is 57.5 Å². The molecule has 2 N–H and O–H groups in total. The third-order valence-electron chi connectivity index (χ3n) is 4.02. The summed E-state index contributed by atoms with van der Waals surface area (Å²) in [5.74, 6) is 0.856. The molecule has 1 aliphatic heterocycles. The van der Waals surface area contributed by atoms with Crippen LogP contribution in [0.3, 0.4) is 0 Å². The van der Waals surface area contributed by atoms with Crippen LogP contribution in [-0.2, 0) is 0 Å². The van der Waals surface area contributed by atoms with Gasteiger partial charge in [0.05, 0.1) is 0 Å². The van der Waals surface area contributed by atoms with Gasteiger partial charge in [0, 0.05) is 31.4 Å². The first-order valence-electron chi connectivity index (χ1n) is 7.31. The van der Waals surface area contributed by atoms with Crippen LogP contribution in [0, 0.1) is 5.92 Å². The zero-order valence-electron chi connectivity index (χ0n) is 12.5. The molecule has 0 aliphatic carbocycles. The van der Waals surface area contributed by atoms with Gasteiger partial charge < -0.3 is 15.5 Å². The van der Waals surface area contributed by atoms with E-state index < -0.39 is 0 Å². The van der Waals surface area contributed by atoms with Gasteiger partial charge in [-0.25, -0.2) is 0 Å². The first kappa shape index (κ1) is 14.4. The van der Waals surface area contributed by atoms with E-state index in [0.717, 1.165) is 5.92 Å². The van der Waals surface area contributed by atoms with E-state index in [0.29, 0.717) is 0 Å². The molecule has 1 fully saturated rings. The second-order valence-electron chi connectivity index (χ2n) is 6.07. The fraction of sp³-hybridized carbons (Fsp3) is 0.625. The Morgan fingerprint density at radius 3 is 2.26 bits per heavy atom. The van der Waals surface area contributed by atoms with Crippen molar-refractivity contribution >= 4 is 5.69 Å². The number of benzene rings is 1. The smallest absolute Gasteiger partial charge is 0.0366 e. The molecule has 3 nitrogen and oxygen atoms in total. The van der Waals surface area contributed by atoms with E-state index in [9.17, 15) is 0 Å². The molecule has 0 radical (unpaired) electrons. The first-order chi connectivity index (χ1) is 9.06. The fourth-order valence-corrected chi connectivity index (χ4v) is 2.88. The van der Waals surface area contributed by atoms with Gasteiger partial charge >= 0.3 is 0 Å². The molecule has 3 heteroatoms. The number of nitrogens with zero attached hydrogens (tertiary/aromatic N) is 2. The predicted molar refractivity (Wildman–Crippen MR) is 82.5 cm³/mol. The number of anilines is 1. The van der Waals surface area contributed by atoms with Crippen LogP contribution >= 0.6 is 0 Å². The van der Waals surface area contributed by atoms with Gasteiger partial charge in [0.15, 0.2) is 0 Å². The first-order valence-corrected chi connectivity index (χ1v) is 7.31. The highest BCUT2D eigenvalue weighted by Crippen LogP contribution is 2.24. The lowest BCUT2D eigenvalue weighted by molar-refractivity contribution is 0.285. The molecule has 1 aromatic carbocycles. The number of rotatable bonds is 4. The summed E-state index contributed by atoms with van der Waals surface area (Å²) in [5, 5.41) is 0. The van der Waals surface area contributed by atoms with Crippen molar-refractivity contribution in [2.45, 2.75) is 25.8 Å². The van der Waals surface area contributed by atoms with Gasteiger partial charge in [0.1, 0.15) is 0 Å². The largest absolute Gasteiger partial charge is 0.372 e. The lowest BCUT2D eigenvalue weighted by Gasteiger charge is -2.34. The van der Waals surface area contributed by atoms with Crippen LogP contribution in [-0.4, -0.2) is 38.6 Å². The van der Waals surface area contributed by atoms with E-state index >= 15 is 0 Å². The molecule has 2 rings (SSSR count). The summed E-state index contributed by atoms with van der Waals surface area (Å²) in [4.78, 5) is 4.80. The summed E-state index contributed by atoms with van der Waals surface area (Å²) >= 11 is 0. The van der Waals surface area contributed by atoms with Crippen molar-refractivity contribution in [3.63, 3.8) is 0 Å². The maximum absolute atomic E-state index is 5.89. The molecule has 0 aromatic heterocycles. The maximum atomic E-state index is 5.89. The molecule has 106 valence electrons. The minimum Gasteiger partial charge on any atom is -0.372 e. The normalized spacial score (nSPS) is 18.9. The van der Waals surface area contributed by atoms with Crippen LogP contribution in [0.1, 0.15) is 31.4 Å². The highest BCUT2D eigenvalue weighted by molar-refractivity contribution is 5.48. The monoisotopic (exact) mass is 261 g/mol. The molecular formula is C16H27N3. The molecule has 0 spiro atoms. The van der Waals surface area contributed by atoms with E-state index in [1.54, 1.807) is 0 Å². The third kappa shape index (κ3) is 3.95. The number of piperidine rings is 1. The Labute approximate surface area is 117 Å². The lowest BCUT2D eigenvalue weighted by atomic mass is 9.96. The summed E-state index contributed by atoms with van der Waals surface area (Å²) in [5.41, 5.74) is 8.44. The van der Waals surface area contributed by atoms with Gasteiger partial charge in [0.25, 0.3) is 0 Å². The maximum Gasteiger partial charge on any atom is 0.0366 e. The average molecular weight is 261 g/mol. The molecule has 1 atom stereocenters. The van der Waals surface area contributed by atoms with Crippen molar-refractivity contribution in [1.29, 1.82) is 0 Å². The fourth-order valence-electron chi connectivity index (χ4n) is 2.88. The van der Waals surface area contributed by atoms with E-state index in [1.165, 1.54) is 43.7 Å². The standard InChI is InChI=1S/C16H27N3/c1-13(17)15-4-6-16(7-5-15)19-10-8-14(9-11-19)12-18(2)3/h4-7,13-14H,8-12,17H2,1-3H3/t13-/m0/s1. The number of hydrogen-bond donors (Lipinski definition) is 1. The predicted octanol–water partition coefficient (Wildman–Crippen LogP) is 2.48. The van der Waals surface area contributed by atoms with Crippen LogP contribution in [0.5, 0.6) is 0 Å². The average Bonchev–Trinajstić information content (AvgIpc) is 2.39. The lowest BCUT2D eigenvalue weighted by Crippen LogP contribution is -2.37. The van der Waals surface area contributed by atoms with Crippen molar-refractivity contribution in [2.24, 2.45) is 11.7 Å². The van der Waals surface area contributed by atoms with Gasteiger partial charge in [0.2, 0.25) is 0 Å². The van der Waals surface area contributed by atoms with Crippen molar-refractivity contribution in [2.75, 3.05) is 38.6 Å². The van der Waals surface area contributed by atoms with Crippen molar-refractivity contribution in [3.8, 4) is 0 Å². The highest BCUT2D eigenvalue weighted by Gasteiger charge is 2.19. The van der Waals surface area contributed by atoms with Crippen LogP contribution in [0.2, 0.25) is 0 Å². The molecule has 1 heterocycles. The van der Waals surface area contributed by atoms with Gasteiger partial charge in [-0.3, -0.25) is 0 Å². The van der Waals surface area contributed by atoms with Crippen LogP contribution in [0.4, 0.5) is 5.69 Å². The molecule has 0 unspecified atom stereocenters. The third-order valence-corrected chi connectivity index (χ3v) is 4.02. The molecule has 1 aromatic rings. The van der Waals surface area contributed by atoms with E-state index in [2.05, 4.69) is 48.2 Å². The van der Waals surface area contributed by atoms with E-state index in [-0.39, 0.29) is 6.04 Å². The molecule has 1 aliphatic rings. The Hall–Kier alpha value is -1.06. The highest BCUT2D eigenvalue weighted by atomic mass is 15.1. The minimum atomic E-state index is 0.125. The SMILES string of the molecule is C[C@H](N)c1ccc(N2CCC(CN(C)C)CC2)cc1. The van der Waals surface area contributed by atoms with Crippen molar-refractivity contribution in [3.05, 3.63) is 29.8 Å². The Bertz CT molecular complexity index is 375. The van der Waals surface area contributed by atoms with Crippen LogP contribution in [0.25, 0.3) is 0 Å². The Balaban J connectivity index is 1.90. The second-order valence-corrected chi connectivity index (χ2v) is 6.07. The molecule has 1 saturated heterocycles. The number of hydrogen-bond acceptors (Lipinski definition) is 3. The summed E-state index contributed by atoms with van der Waals surface area (Å²) in [6.45, 7) is 5.60. The Morgan fingerprint density at radius 2 is 1.79 bits per heavy atom. The zero-order chi connectivity index (χ0) is 13.8. The summed E-state index contributed by atoms with van der Waals surface area (Å²) in [6, 6.07) is 8.87. The minimum absolute atomic E-state index is 0.125. The second kappa shape index (κ2) is 6.40. The van der Waals surface area contributed by atoms with Crippen LogP contribution < -0.4 is 10.6 Å². The molecule has 0 saturated carbocycles. The quantitative estimate of drug-likeness (QED) is 0.904. The van der Waals surface area contributed by atoms with Gasteiger partial charge in [-0.2, -0.15) is 0 Å².